The molecule has 7 heteroatoms. The van der Waals surface area contributed by atoms with Crippen molar-refractivity contribution in [2.75, 3.05) is 51.3 Å². The summed E-state index contributed by atoms with van der Waals surface area (Å²) in [7, 11) is 1.69. The van der Waals surface area contributed by atoms with E-state index in [0.717, 1.165) is 68.5 Å². The largest absolute Gasteiger partial charge is 0.497 e. The number of piperidine rings is 1. The van der Waals surface area contributed by atoms with E-state index in [0.29, 0.717) is 12.5 Å². The summed E-state index contributed by atoms with van der Waals surface area (Å²) < 4.78 is 5.45. The zero-order valence-corrected chi connectivity index (χ0v) is 20.7. The number of methoxy groups -OCH3 is 1. The lowest BCUT2D eigenvalue weighted by molar-refractivity contribution is 0.0701. The maximum atomic E-state index is 13.9. The average molecular weight is 476 g/mol. The van der Waals surface area contributed by atoms with Gasteiger partial charge in [0, 0.05) is 50.9 Å². The van der Waals surface area contributed by atoms with Crippen molar-refractivity contribution >= 4 is 11.7 Å². The van der Waals surface area contributed by atoms with Crippen LogP contribution in [-0.4, -0.2) is 67.7 Å². The molecule has 4 aliphatic rings. The first kappa shape index (κ1) is 22.8. The van der Waals surface area contributed by atoms with Gasteiger partial charge in [-0.25, -0.2) is 4.79 Å². The van der Waals surface area contributed by atoms with Crippen LogP contribution in [0.1, 0.15) is 42.7 Å². The van der Waals surface area contributed by atoms with Gasteiger partial charge in [-0.1, -0.05) is 24.3 Å². The summed E-state index contributed by atoms with van der Waals surface area (Å²) in [6, 6.07) is 16.9. The monoisotopic (exact) mass is 475 g/mol. The molecule has 7 nitrogen and oxygen atoms in total. The Hall–Kier alpha value is -2.61. The number of hydrogen-bond donors (Lipinski definition) is 2. The van der Waals surface area contributed by atoms with Gasteiger partial charge in [0.25, 0.3) is 0 Å². The van der Waals surface area contributed by atoms with Crippen molar-refractivity contribution in [3.05, 3.63) is 59.7 Å². The molecule has 2 N–H and O–H groups in total. The molecule has 2 aromatic rings. The van der Waals surface area contributed by atoms with Gasteiger partial charge in [-0.05, 0) is 67.0 Å². The minimum absolute atomic E-state index is 0.125. The Kier molecular flexibility index (Phi) is 6.16. The Morgan fingerprint density at radius 2 is 1.77 bits per heavy atom. The molecule has 0 radical (unpaired) electrons. The second kappa shape index (κ2) is 9.45. The second-order valence-corrected chi connectivity index (χ2v) is 10.8. The van der Waals surface area contributed by atoms with Crippen molar-refractivity contribution in [2.45, 2.75) is 43.7 Å². The summed E-state index contributed by atoms with van der Waals surface area (Å²) in [6.07, 6.45) is 4.84. The summed E-state index contributed by atoms with van der Waals surface area (Å²) in [5, 5.41) is 0. The molecular formula is C28H37N5O2. The van der Waals surface area contributed by atoms with Gasteiger partial charge in [0.15, 0.2) is 0 Å². The van der Waals surface area contributed by atoms with Crippen LogP contribution in [0.2, 0.25) is 0 Å². The fourth-order valence-corrected chi connectivity index (χ4v) is 6.06. The van der Waals surface area contributed by atoms with E-state index in [-0.39, 0.29) is 11.6 Å². The number of carbonyl (C=O) groups excluding carboxylic acids is 1. The quantitative estimate of drug-likeness (QED) is 0.641. The lowest BCUT2D eigenvalue weighted by atomic mass is 9.86. The molecule has 186 valence electrons. The number of rotatable bonds is 7. The third-order valence-electron chi connectivity index (χ3n) is 8.46. The van der Waals surface area contributed by atoms with E-state index in [2.05, 4.69) is 57.0 Å². The average Bonchev–Trinajstić information content (AvgIpc) is 3.46. The lowest BCUT2D eigenvalue weighted by Gasteiger charge is -2.44. The van der Waals surface area contributed by atoms with E-state index in [9.17, 15) is 4.79 Å². The molecule has 0 unspecified atom stereocenters. The van der Waals surface area contributed by atoms with Crippen molar-refractivity contribution in [3.8, 4) is 5.75 Å². The molecule has 1 spiro atoms. The van der Waals surface area contributed by atoms with E-state index in [4.69, 9.17) is 4.74 Å². The molecule has 0 bridgehead atoms. The van der Waals surface area contributed by atoms with Crippen LogP contribution in [0.5, 0.6) is 5.75 Å². The highest BCUT2D eigenvalue weighted by Crippen LogP contribution is 2.41. The van der Waals surface area contributed by atoms with Crippen LogP contribution >= 0.6 is 0 Å². The number of hydrazine groups is 1. The van der Waals surface area contributed by atoms with E-state index in [1.807, 2.05) is 17.0 Å². The Bertz CT molecular complexity index is 1040. The molecule has 6 rings (SSSR count). The molecular weight excluding hydrogens is 438 g/mol. The molecule has 1 aliphatic carbocycles. The van der Waals surface area contributed by atoms with E-state index < -0.39 is 0 Å². The smallest absolute Gasteiger partial charge is 0.325 e. The van der Waals surface area contributed by atoms with Crippen LogP contribution in [-0.2, 0) is 6.54 Å². The number of nitrogens with zero attached hydrogens (tertiary/aromatic N) is 3. The fraction of sp³-hybridized carbons (Fsp3) is 0.536. The molecule has 1 saturated carbocycles. The van der Waals surface area contributed by atoms with Gasteiger partial charge in [-0.15, -0.1) is 0 Å². The number of ether oxygens (including phenoxy) is 1. The number of hydrogen-bond acceptors (Lipinski definition) is 5. The van der Waals surface area contributed by atoms with Gasteiger partial charge in [0.2, 0.25) is 0 Å². The van der Waals surface area contributed by atoms with E-state index in [1.165, 1.54) is 24.9 Å². The normalized spacial score (nSPS) is 22.9. The van der Waals surface area contributed by atoms with Gasteiger partial charge in [0.05, 0.1) is 19.2 Å². The van der Waals surface area contributed by atoms with Crippen molar-refractivity contribution in [1.29, 1.82) is 0 Å². The second-order valence-electron chi connectivity index (χ2n) is 10.8. The van der Waals surface area contributed by atoms with Crippen LogP contribution in [0.4, 0.5) is 10.5 Å². The Balaban J connectivity index is 1.24. The number of nitrogens with one attached hydrogen (secondary N) is 2. The molecule has 3 aliphatic heterocycles. The van der Waals surface area contributed by atoms with Crippen molar-refractivity contribution in [2.24, 2.45) is 5.92 Å². The summed E-state index contributed by atoms with van der Waals surface area (Å²) in [4.78, 5) is 20.7. The third kappa shape index (κ3) is 4.65. The predicted molar refractivity (Wildman–Crippen MR) is 138 cm³/mol. The minimum atomic E-state index is -0.127. The van der Waals surface area contributed by atoms with Crippen LogP contribution < -0.4 is 20.5 Å². The van der Waals surface area contributed by atoms with Crippen LogP contribution in [0.3, 0.4) is 0 Å². The highest BCUT2D eigenvalue weighted by molar-refractivity contribution is 5.95. The zero-order chi connectivity index (χ0) is 23.8. The molecule has 3 saturated heterocycles. The first-order valence-electron chi connectivity index (χ1n) is 13.1. The first-order chi connectivity index (χ1) is 17.1. The highest BCUT2D eigenvalue weighted by Gasteiger charge is 2.51. The standard InChI is InChI=1S/C28H37N5O2/c1-35-26-4-2-3-22(15-26)19-33-27(34)32(25-9-7-23(8-10-25)24-16-29-30-17-24)20-28(33)11-13-31(14-12-28)18-21-5-6-21/h2-4,7-10,15,21,24,29-30H,5-6,11-14,16-20H2,1H3. The van der Waals surface area contributed by atoms with E-state index >= 15 is 0 Å². The molecule has 0 aromatic heterocycles. The Labute approximate surface area is 208 Å². The maximum absolute atomic E-state index is 13.9. The van der Waals surface area contributed by atoms with Gasteiger partial charge < -0.3 is 14.5 Å². The molecule has 35 heavy (non-hydrogen) atoms. The molecule has 4 fully saturated rings. The summed E-state index contributed by atoms with van der Waals surface area (Å²) in [5.74, 6) is 2.22. The van der Waals surface area contributed by atoms with Gasteiger partial charge >= 0.3 is 6.03 Å². The SMILES string of the molecule is COc1cccc(CN2C(=O)N(c3ccc(C4CNNC4)cc3)CC23CCN(CC2CC2)CC3)c1. The molecule has 2 amide bonds. The lowest BCUT2D eigenvalue weighted by Crippen LogP contribution is -2.54. The molecule has 2 aromatic carbocycles. The number of amides is 2. The minimum Gasteiger partial charge on any atom is -0.497 e. The zero-order valence-electron chi connectivity index (χ0n) is 20.7. The van der Waals surface area contributed by atoms with Crippen molar-refractivity contribution in [3.63, 3.8) is 0 Å². The van der Waals surface area contributed by atoms with Crippen LogP contribution in [0.25, 0.3) is 0 Å². The van der Waals surface area contributed by atoms with E-state index in [1.54, 1.807) is 7.11 Å². The van der Waals surface area contributed by atoms with Crippen LogP contribution in [0, 0.1) is 5.92 Å². The Morgan fingerprint density at radius 1 is 1.03 bits per heavy atom. The fourth-order valence-electron chi connectivity index (χ4n) is 6.06. The number of benzene rings is 2. The number of likely N-dealkylation sites (tertiary alicyclic amines) is 1. The molecule has 0 atom stereocenters. The topological polar surface area (TPSA) is 60.1 Å². The van der Waals surface area contributed by atoms with Gasteiger partial charge in [0.1, 0.15) is 5.75 Å². The predicted octanol–water partition coefficient (Wildman–Crippen LogP) is 3.57. The van der Waals surface area contributed by atoms with Crippen LogP contribution in [0.15, 0.2) is 48.5 Å². The van der Waals surface area contributed by atoms with Gasteiger partial charge in [-0.2, -0.15) is 0 Å². The Morgan fingerprint density at radius 3 is 2.46 bits per heavy atom. The number of anilines is 1. The number of urea groups is 1. The third-order valence-corrected chi connectivity index (χ3v) is 8.46. The first-order valence-corrected chi connectivity index (χ1v) is 13.1. The highest BCUT2D eigenvalue weighted by atomic mass is 16.5. The number of carbonyl (C=O) groups is 1. The van der Waals surface area contributed by atoms with Crippen molar-refractivity contribution < 1.29 is 9.53 Å². The summed E-state index contributed by atoms with van der Waals surface area (Å²) >= 11 is 0. The maximum Gasteiger partial charge on any atom is 0.325 e. The molecule has 3 heterocycles. The van der Waals surface area contributed by atoms with Gasteiger partial charge in [-0.3, -0.25) is 15.8 Å². The summed E-state index contributed by atoms with van der Waals surface area (Å²) in [6.45, 7) is 6.65. The van der Waals surface area contributed by atoms with Crippen molar-refractivity contribution in [1.82, 2.24) is 20.7 Å². The summed E-state index contributed by atoms with van der Waals surface area (Å²) in [5.41, 5.74) is 9.73.